The SMILES string of the molecule is Cn1cc(C(=O)NNC(=O)C2CC(=O)N(c3ccc4c(c3)CCC4)C2)c2ccccc21. The molecule has 31 heavy (non-hydrogen) atoms. The maximum atomic E-state index is 12.6. The lowest BCUT2D eigenvalue weighted by atomic mass is 10.1. The van der Waals surface area contributed by atoms with Gasteiger partial charge in [-0.05, 0) is 48.6 Å². The number of fused-ring (bicyclic) bond motifs is 2. The van der Waals surface area contributed by atoms with Crippen LogP contribution in [0.2, 0.25) is 0 Å². The first-order chi connectivity index (χ1) is 15.0. The third-order valence-electron chi connectivity index (χ3n) is 6.33. The molecule has 2 N–H and O–H groups in total. The molecule has 1 fully saturated rings. The van der Waals surface area contributed by atoms with Crippen LogP contribution in [0, 0.1) is 5.92 Å². The van der Waals surface area contributed by atoms with E-state index < -0.39 is 5.92 Å². The summed E-state index contributed by atoms with van der Waals surface area (Å²) in [6.07, 6.45) is 5.14. The summed E-state index contributed by atoms with van der Waals surface area (Å²) in [4.78, 5) is 39.5. The summed E-state index contributed by atoms with van der Waals surface area (Å²) in [5.41, 5.74) is 9.92. The number of nitrogens with one attached hydrogen (secondary N) is 2. The van der Waals surface area contributed by atoms with Gasteiger partial charge in [0.15, 0.2) is 0 Å². The number of benzene rings is 2. The first-order valence-electron chi connectivity index (χ1n) is 10.6. The number of aryl methyl sites for hydroxylation is 3. The van der Waals surface area contributed by atoms with Crippen LogP contribution >= 0.6 is 0 Å². The number of hydrazine groups is 1. The van der Waals surface area contributed by atoms with Crippen LogP contribution in [0.1, 0.15) is 34.3 Å². The summed E-state index contributed by atoms with van der Waals surface area (Å²) < 4.78 is 1.87. The molecular weight excluding hydrogens is 392 g/mol. The van der Waals surface area contributed by atoms with Gasteiger partial charge < -0.3 is 9.47 Å². The van der Waals surface area contributed by atoms with Crippen molar-refractivity contribution in [3.8, 4) is 0 Å². The molecule has 5 rings (SSSR count). The normalized spacial score (nSPS) is 17.8. The molecule has 3 amide bonds. The fourth-order valence-electron chi connectivity index (χ4n) is 4.67. The Morgan fingerprint density at radius 1 is 1.03 bits per heavy atom. The standard InChI is InChI=1S/C24H24N4O3/c1-27-14-20(19-7-2-3-8-21(19)27)24(31)26-25-23(30)17-12-22(29)28(13-17)18-10-9-15-5-4-6-16(15)11-18/h2-3,7-11,14,17H,4-6,12-13H2,1H3,(H,25,30)(H,26,31). The molecule has 7 nitrogen and oxygen atoms in total. The van der Waals surface area contributed by atoms with E-state index in [2.05, 4.69) is 23.0 Å². The third kappa shape index (κ3) is 3.46. The van der Waals surface area contributed by atoms with E-state index in [0.717, 1.165) is 35.9 Å². The summed E-state index contributed by atoms with van der Waals surface area (Å²) in [5, 5.41) is 0.815. The molecule has 0 bridgehead atoms. The van der Waals surface area contributed by atoms with E-state index in [9.17, 15) is 14.4 Å². The van der Waals surface area contributed by atoms with Gasteiger partial charge in [-0.25, -0.2) is 0 Å². The zero-order chi connectivity index (χ0) is 21.5. The van der Waals surface area contributed by atoms with Gasteiger partial charge in [-0.15, -0.1) is 0 Å². The van der Waals surface area contributed by atoms with Gasteiger partial charge in [-0.2, -0.15) is 0 Å². The Morgan fingerprint density at radius 3 is 2.71 bits per heavy atom. The molecule has 0 spiro atoms. The number of para-hydroxylation sites is 1. The van der Waals surface area contributed by atoms with Crippen LogP contribution in [0.4, 0.5) is 5.69 Å². The second-order valence-corrected chi connectivity index (χ2v) is 8.33. The molecule has 3 aromatic rings. The van der Waals surface area contributed by atoms with E-state index in [-0.39, 0.29) is 24.1 Å². The molecule has 2 heterocycles. The van der Waals surface area contributed by atoms with Crippen LogP contribution in [0.3, 0.4) is 0 Å². The van der Waals surface area contributed by atoms with Gasteiger partial charge in [0.2, 0.25) is 11.8 Å². The predicted octanol–water partition coefficient (Wildman–Crippen LogP) is 2.48. The van der Waals surface area contributed by atoms with Gasteiger partial charge in [0, 0.05) is 42.8 Å². The number of aromatic nitrogens is 1. The first-order valence-corrected chi connectivity index (χ1v) is 10.6. The molecule has 0 radical (unpaired) electrons. The lowest BCUT2D eigenvalue weighted by Gasteiger charge is -2.18. The maximum absolute atomic E-state index is 12.6. The highest BCUT2D eigenvalue weighted by Gasteiger charge is 2.35. The number of nitrogens with zero attached hydrogens (tertiary/aromatic N) is 2. The van der Waals surface area contributed by atoms with Crippen molar-refractivity contribution in [3.63, 3.8) is 0 Å². The highest BCUT2D eigenvalue weighted by atomic mass is 16.2. The molecule has 1 aliphatic heterocycles. The Labute approximate surface area is 180 Å². The van der Waals surface area contributed by atoms with Gasteiger partial charge in [0.25, 0.3) is 5.91 Å². The third-order valence-corrected chi connectivity index (χ3v) is 6.33. The number of anilines is 1. The fourth-order valence-corrected chi connectivity index (χ4v) is 4.67. The van der Waals surface area contributed by atoms with Gasteiger partial charge in [-0.3, -0.25) is 25.2 Å². The van der Waals surface area contributed by atoms with Crippen LogP contribution in [0.15, 0.2) is 48.7 Å². The van der Waals surface area contributed by atoms with Gasteiger partial charge in [-0.1, -0.05) is 24.3 Å². The Bertz CT molecular complexity index is 1210. The minimum Gasteiger partial charge on any atom is -0.350 e. The summed E-state index contributed by atoms with van der Waals surface area (Å²) in [5.74, 6) is -1.32. The van der Waals surface area contributed by atoms with E-state index in [4.69, 9.17) is 0 Å². The summed E-state index contributed by atoms with van der Waals surface area (Å²) in [6.45, 7) is 0.313. The van der Waals surface area contributed by atoms with Gasteiger partial charge in [0.05, 0.1) is 11.5 Å². The van der Waals surface area contributed by atoms with E-state index in [1.54, 1.807) is 11.1 Å². The number of amides is 3. The van der Waals surface area contributed by atoms with E-state index in [0.29, 0.717) is 12.1 Å². The van der Waals surface area contributed by atoms with E-state index >= 15 is 0 Å². The highest BCUT2D eigenvalue weighted by molar-refractivity contribution is 6.07. The fraction of sp³-hybridized carbons (Fsp3) is 0.292. The largest absolute Gasteiger partial charge is 0.350 e. The first kappa shape index (κ1) is 19.4. The predicted molar refractivity (Wildman–Crippen MR) is 117 cm³/mol. The molecule has 2 aromatic carbocycles. The average molecular weight is 416 g/mol. The van der Waals surface area contributed by atoms with Crippen molar-refractivity contribution in [2.24, 2.45) is 13.0 Å². The molecule has 0 saturated carbocycles. The van der Waals surface area contributed by atoms with Crippen molar-refractivity contribution in [2.45, 2.75) is 25.7 Å². The quantitative estimate of drug-likeness (QED) is 0.644. The van der Waals surface area contributed by atoms with Gasteiger partial charge >= 0.3 is 0 Å². The van der Waals surface area contributed by atoms with E-state index in [1.807, 2.05) is 41.9 Å². The topological polar surface area (TPSA) is 83.4 Å². The number of hydrogen-bond donors (Lipinski definition) is 2. The number of carbonyl (C=O) groups excluding carboxylic acids is 3. The van der Waals surface area contributed by atoms with Crippen molar-refractivity contribution in [2.75, 3.05) is 11.4 Å². The molecule has 1 saturated heterocycles. The minimum absolute atomic E-state index is 0.0709. The van der Waals surface area contributed by atoms with Crippen molar-refractivity contribution in [3.05, 3.63) is 65.4 Å². The minimum atomic E-state index is -0.506. The Kier molecular flexibility index (Phi) is 4.73. The van der Waals surface area contributed by atoms with Crippen molar-refractivity contribution in [1.29, 1.82) is 0 Å². The molecule has 1 aliphatic carbocycles. The molecule has 1 atom stereocenters. The second kappa shape index (κ2) is 7.58. The molecule has 2 aliphatic rings. The monoisotopic (exact) mass is 416 g/mol. The zero-order valence-electron chi connectivity index (χ0n) is 17.4. The molecule has 1 unspecified atom stereocenters. The number of hydrogen-bond acceptors (Lipinski definition) is 3. The second-order valence-electron chi connectivity index (χ2n) is 8.33. The van der Waals surface area contributed by atoms with Crippen LogP contribution in [-0.4, -0.2) is 28.8 Å². The molecular formula is C24H24N4O3. The van der Waals surface area contributed by atoms with Crippen molar-refractivity contribution in [1.82, 2.24) is 15.4 Å². The molecule has 158 valence electrons. The van der Waals surface area contributed by atoms with Crippen LogP contribution in [0.5, 0.6) is 0 Å². The summed E-state index contributed by atoms with van der Waals surface area (Å²) >= 11 is 0. The average Bonchev–Trinajstić information content (AvgIpc) is 3.48. The van der Waals surface area contributed by atoms with Crippen LogP contribution in [-0.2, 0) is 29.5 Å². The Balaban J connectivity index is 1.24. The van der Waals surface area contributed by atoms with Crippen LogP contribution in [0.25, 0.3) is 10.9 Å². The van der Waals surface area contributed by atoms with E-state index in [1.165, 1.54) is 11.1 Å². The molecule has 7 heteroatoms. The van der Waals surface area contributed by atoms with Crippen molar-refractivity contribution < 1.29 is 14.4 Å². The Morgan fingerprint density at radius 2 is 1.84 bits per heavy atom. The lowest BCUT2D eigenvalue weighted by Crippen LogP contribution is -2.45. The maximum Gasteiger partial charge on any atom is 0.271 e. The van der Waals surface area contributed by atoms with Crippen molar-refractivity contribution >= 4 is 34.3 Å². The number of rotatable bonds is 3. The highest BCUT2D eigenvalue weighted by Crippen LogP contribution is 2.30. The zero-order valence-corrected chi connectivity index (χ0v) is 17.4. The Hall–Kier alpha value is -3.61. The van der Waals surface area contributed by atoms with Crippen LogP contribution < -0.4 is 15.8 Å². The molecule has 1 aromatic heterocycles. The van der Waals surface area contributed by atoms with Gasteiger partial charge in [0.1, 0.15) is 0 Å². The number of carbonyl (C=O) groups is 3. The smallest absolute Gasteiger partial charge is 0.271 e. The lowest BCUT2D eigenvalue weighted by molar-refractivity contribution is -0.126. The summed E-state index contributed by atoms with van der Waals surface area (Å²) in [7, 11) is 1.87. The summed E-state index contributed by atoms with van der Waals surface area (Å²) in [6, 6.07) is 13.7.